The van der Waals surface area contributed by atoms with Crippen molar-refractivity contribution < 1.29 is 4.92 Å². The molecule has 2 rings (SSSR count). The molecule has 0 bridgehead atoms. The molecule has 1 aromatic carbocycles. The summed E-state index contributed by atoms with van der Waals surface area (Å²) in [5, 5.41) is 10.9. The molecule has 6 heteroatoms. The lowest BCUT2D eigenvalue weighted by molar-refractivity contribution is -0.387. The van der Waals surface area contributed by atoms with Crippen LogP contribution in [0, 0.1) is 10.1 Å². The number of likely N-dealkylation sites (tertiary alicyclic amines) is 1. The molecule has 1 fully saturated rings. The van der Waals surface area contributed by atoms with E-state index >= 15 is 0 Å². The van der Waals surface area contributed by atoms with Crippen LogP contribution in [0.5, 0.6) is 0 Å². The Labute approximate surface area is 116 Å². The summed E-state index contributed by atoms with van der Waals surface area (Å²) in [5.74, 6) is 0. The third-order valence-electron chi connectivity index (χ3n) is 2.87. The Kier molecular flexibility index (Phi) is 4.54. The van der Waals surface area contributed by atoms with E-state index in [9.17, 15) is 10.1 Å². The smallest absolute Gasteiger partial charge is 0.283 e. The zero-order valence-electron chi connectivity index (χ0n) is 9.87. The minimum Gasteiger partial charge on any atom is -0.357 e. The van der Waals surface area contributed by atoms with Crippen molar-refractivity contribution in [3.63, 3.8) is 0 Å². The summed E-state index contributed by atoms with van der Waals surface area (Å²) >= 11 is 6.69. The maximum absolute atomic E-state index is 10.9. The number of nitro groups is 1. The molecule has 0 saturated carbocycles. The van der Waals surface area contributed by atoms with Crippen molar-refractivity contribution in [1.29, 1.82) is 0 Å². The van der Waals surface area contributed by atoms with Gasteiger partial charge in [0.25, 0.3) is 5.69 Å². The molecule has 0 unspecified atom stereocenters. The molecule has 0 radical (unpaired) electrons. The third kappa shape index (κ3) is 3.20. The predicted molar refractivity (Wildman–Crippen MR) is 77.0 cm³/mol. The van der Waals surface area contributed by atoms with E-state index in [1.54, 1.807) is 18.2 Å². The van der Waals surface area contributed by atoms with Gasteiger partial charge in [0, 0.05) is 19.2 Å². The molecule has 0 spiro atoms. The Balaban J connectivity index is 2.08. The molecule has 0 atom stereocenters. The lowest BCUT2D eigenvalue weighted by Gasteiger charge is -2.28. The van der Waals surface area contributed by atoms with Crippen molar-refractivity contribution in [3.8, 4) is 0 Å². The van der Waals surface area contributed by atoms with E-state index in [1.807, 2.05) is 0 Å². The highest BCUT2D eigenvalue weighted by Crippen LogP contribution is 2.31. The number of hydrogen-bond donors (Lipinski definition) is 0. The van der Waals surface area contributed by atoms with E-state index < -0.39 is 0 Å². The van der Waals surface area contributed by atoms with Gasteiger partial charge in [-0.2, -0.15) is 0 Å². The van der Waals surface area contributed by atoms with Crippen LogP contribution in [-0.2, 0) is 0 Å². The van der Waals surface area contributed by atoms with Crippen molar-refractivity contribution in [2.24, 2.45) is 0 Å². The molecular formula is C12H14N2O2S2. The highest BCUT2D eigenvalue weighted by atomic mass is 32.2. The van der Waals surface area contributed by atoms with Gasteiger partial charge in [-0.15, -0.1) is 0 Å². The molecule has 1 aliphatic heterocycles. The summed E-state index contributed by atoms with van der Waals surface area (Å²) in [6.07, 6.45) is 3.55. The number of nitro benzene ring substituents is 1. The molecule has 1 aliphatic rings. The third-order valence-corrected chi connectivity index (χ3v) is 4.38. The van der Waals surface area contributed by atoms with Gasteiger partial charge in [0.1, 0.15) is 4.32 Å². The average molecular weight is 282 g/mol. The van der Waals surface area contributed by atoms with Crippen LogP contribution < -0.4 is 0 Å². The first-order valence-corrected chi connectivity index (χ1v) is 7.11. The Morgan fingerprint density at radius 2 is 1.94 bits per heavy atom. The molecule has 0 aromatic heterocycles. The van der Waals surface area contributed by atoms with E-state index in [4.69, 9.17) is 12.2 Å². The summed E-state index contributed by atoms with van der Waals surface area (Å²) in [4.78, 5) is 13.3. The van der Waals surface area contributed by atoms with Gasteiger partial charge in [0.05, 0.1) is 9.82 Å². The molecule has 0 N–H and O–H groups in total. The quantitative estimate of drug-likeness (QED) is 0.360. The topological polar surface area (TPSA) is 46.4 Å². The molecule has 18 heavy (non-hydrogen) atoms. The first-order valence-electron chi connectivity index (χ1n) is 5.88. The Morgan fingerprint density at radius 1 is 1.28 bits per heavy atom. The second-order valence-corrected chi connectivity index (χ2v) is 5.82. The largest absolute Gasteiger partial charge is 0.357 e. The van der Waals surface area contributed by atoms with E-state index in [0.717, 1.165) is 30.3 Å². The average Bonchev–Trinajstić information content (AvgIpc) is 2.40. The first kappa shape index (κ1) is 13.3. The zero-order valence-corrected chi connectivity index (χ0v) is 11.5. The molecule has 96 valence electrons. The van der Waals surface area contributed by atoms with Crippen LogP contribution in [0.25, 0.3) is 0 Å². The predicted octanol–water partition coefficient (Wildman–Crippen LogP) is 3.46. The van der Waals surface area contributed by atoms with Crippen LogP contribution in [0.3, 0.4) is 0 Å². The molecular weight excluding hydrogens is 268 g/mol. The number of piperidine rings is 1. The molecule has 4 nitrogen and oxygen atoms in total. The normalized spacial score (nSPS) is 15.4. The van der Waals surface area contributed by atoms with Crippen LogP contribution in [0.4, 0.5) is 5.69 Å². The van der Waals surface area contributed by atoms with Crippen LogP contribution in [0.1, 0.15) is 19.3 Å². The van der Waals surface area contributed by atoms with Crippen molar-refractivity contribution in [1.82, 2.24) is 4.90 Å². The second-order valence-electron chi connectivity index (χ2n) is 4.14. The fourth-order valence-electron chi connectivity index (χ4n) is 1.93. The summed E-state index contributed by atoms with van der Waals surface area (Å²) in [6, 6.07) is 6.74. The van der Waals surface area contributed by atoms with Gasteiger partial charge in [0.15, 0.2) is 0 Å². The summed E-state index contributed by atoms with van der Waals surface area (Å²) in [7, 11) is 0. The lowest BCUT2D eigenvalue weighted by atomic mass is 10.1. The maximum Gasteiger partial charge on any atom is 0.283 e. The maximum atomic E-state index is 10.9. The van der Waals surface area contributed by atoms with Crippen LogP contribution in [-0.4, -0.2) is 27.2 Å². The van der Waals surface area contributed by atoms with Crippen molar-refractivity contribution in [3.05, 3.63) is 34.4 Å². The van der Waals surface area contributed by atoms with Crippen molar-refractivity contribution >= 4 is 34.0 Å². The molecule has 1 aromatic rings. The van der Waals surface area contributed by atoms with Gasteiger partial charge >= 0.3 is 0 Å². The number of rotatable bonds is 2. The number of hydrogen-bond acceptors (Lipinski definition) is 4. The zero-order chi connectivity index (χ0) is 13.0. The lowest BCUT2D eigenvalue weighted by Crippen LogP contribution is -2.32. The summed E-state index contributed by atoms with van der Waals surface area (Å²) in [5.41, 5.74) is 0.127. The minimum atomic E-state index is -0.360. The number of para-hydroxylation sites is 1. The molecule has 1 saturated heterocycles. The van der Waals surface area contributed by atoms with Gasteiger partial charge in [-0.1, -0.05) is 36.1 Å². The van der Waals surface area contributed by atoms with Crippen LogP contribution in [0.2, 0.25) is 0 Å². The second kappa shape index (κ2) is 6.15. The molecule has 0 aliphatic carbocycles. The number of nitrogens with zero attached hydrogens (tertiary/aromatic N) is 2. The van der Waals surface area contributed by atoms with Gasteiger partial charge < -0.3 is 4.90 Å². The van der Waals surface area contributed by atoms with E-state index in [1.165, 1.54) is 24.2 Å². The highest BCUT2D eigenvalue weighted by Gasteiger charge is 2.19. The first-order chi connectivity index (χ1) is 8.68. The SMILES string of the molecule is O=[N+]([O-])c1ccccc1SC(=S)N1CCCCC1. The highest BCUT2D eigenvalue weighted by molar-refractivity contribution is 8.23. The number of thiocarbonyl (C=S) groups is 1. The number of benzene rings is 1. The molecule has 1 heterocycles. The minimum absolute atomic E-state index is 0.127. The Morgan fingerprint density at radius 3 is 2.61 bits per heavy atom. The fraction of sp³-hybridized carbons (Fsp3) is 0.417. The summed E-state index contributed by atoms with van der Waals surface area (Å²) < 4.78 is 0.740. The van der Waals surface area contributed by atoms with Gasteiger partial charge in [-0.25, -0.2) is 0 Å². The Hall–Kier alpha value is -1.14. The Bertz CT molecular complexity index is 459. The van der Waals surface area contributed by atoms with E-state index in [-0.39, 0.29) is 10.6 Å². The van der Waals surface area contributed by atoms with Crippen LogP contribution >= 0.6 is 24.0 Å². The molecule has 0 amide bonds. The van der Waals surface area contributed by atoms with Gasteiger partial charge in [-0.05, 0) is 25.3 Å². The van der Waals surface area contributed by atoms with Gasteiger partial charge in [-0.3, -0.25) is 10.1 Å². The van der Waals surface area contributed by atoms with Crippen molar-refractivity contribution in [2.45, 2.75) is 24.2 Å². The number of thioether (sulfide) groups is 1. The standard InChI is InChI=1S/C12H14N2O2S2/c15-14(16)10-6-2-3-7-11(10)18-12(17)13-8-4-1-5-9-13/h2-3,6-7H,1,4-5,8-9H2. The summed E-state index contributed by atoms with van der Waals surface area (Å²) in [6.45, 7) is 1.93. The van der Waals surface area contributed by atoms with E-state index in [0.29, 0.717) is 4.90 Å². The van der Waals surface area contributed by atoms with Crippen molar-refractivity contribution in [2.75, 3.05) is 13.1 Å². The monoisotopic (exact) mass is 282 g/mol. The van der Waals surface area contributed by atoms with E-state index in [2.05, 4.69) is 4.90 Å². The van der Waals surface area contributed by atoms with Crippen LogP contribution in [0.15, 0.2) is 29.2 Å². The fourth-order valence-corrected chi connectivity index (χ4v) is 3.27. The van der Waals surface area contributed by atoms with Gasteiger partial charge in [0.2, 0.25) is 0 Å².